The van der Waals surface area contributed by atoms with E-state index in [0.29, 0.717) is 5.69 Å². The molecular formula is C22H29N3O4. The van der Waals surface area contributed by atoms with Crippen LogP contribution in [0.3, 0.4) is 0 Å². The van der Waals surface area contributed by atoms with E-state index in [1.165, 1.54) is 30.9 Å². The highest BCUT2D eigenvalue weighted by atomic mass is 16.6. The first-order valence-electron chi connectivity index (χ1n) is 9.75. The van der Waals surface area contributed by atoms with Gasteiger partial charge in [-0.3, -0.25) is 20.2 Å². The van der Waals surface area contributed by atoms with Crippen LogP contribution in [0.15, 0.2) is 42.5 Å². The van der Waals surface area contributed by atoms with Gasteiger partial charge in [0.1, 0.15) is 5.75 Å². The molecule has 0 aliphatic rings. The molecule has 2 N–H and O–H groups in total. The second-order valence-electron chi connectivity index (χ2n) is 7.34. The topological polar surface area (TPSA) is 93.5 Å². The van der Waals surface area contributed by atoms with Crippen LogP contribution in [0, 0.1) is 16.0 Å². The molecule has 0 aliphatic heterocycles. The van der Waals surface area contributed by atoms with E-state index >= 15 is 0 Å². The fourth-order valence-electron chi connectivity index (χ4n) is 3.12. The number of carbonyl (C=O) groups excluding carboxylic acids is 1. The van der Waals surface area contributed by atoms with Crippen LogP contribution in [0.2, 0.25) is 0 Å². The molecule has 0 aliphatic carbocycles. The van der Waals surface area contributed by atoms with Crippen LogP contribution < -0.4 is 15.4 Å². The lowest BCUT2D eigenvalue weighted by atomic mass is 9.94. The number of anilines is 1. The number of hydrogen-bond donors (Lipinski definition) is 2. The van der Waals surface area contributed by atoms with Crippen LogP contribution in [0.4, 0.5) is 11.4 Å². The van der Waals surface area contributed by atoms with Gasteiger partial charge in [0, 0.05) is 12.1 Å². The second kappa shape index (κ2) is 10.0. The maximum Gasteiger partial charge on any atom is 0.273 e. The predicted molar refractivity (Wildman–Crippen MR) is 114 cm³/mol. The van der Waals surface area contributed by atoms with Gasteiger partial charge in [-0.25, -0.2) is 0 Å². The van der Waals surface area contributed by atoms with Crippen molar-refractivity contribution in [2.45, 2.75) is 46.2 Å². The van der Waals surface area contributed by atoms with Crippen molar-refractivity contribution in [1.29, 1.82) is 0 Å². The quantitative estimate of drug-likeness (QED) is 0.479. The molecule has 0 spiro atoms. The number of hydrogen-bond acceptors (Lipinski definition) is 5. The highest BCUT2D eigenvalue weighted by Crippen LogP contribution is 2.29. The molecule has 0 bridgehead atoms. The van der Waals surface area contributed by atoms with Gasteiger partial charge in [0.2, 0.25) is 5.91 Å². The zero-order valence-electron chi connectivity index (χ0n) is 17.6. The van der Waals surface area contributed by atoms with E-state index in [9.17, 15) is 14.9 Å². The number of benzene rings is 2. The first kappa shape index (κ1) is 22.4. The van der Waals surface area contributed by atoms with Crippen molar-refractivity contribution >= 4 is 17.3 Å². The third kappa shape index (κ3) is 5.77. The summed E-state index contributed by atoms with van der Waals surface area (Å²) in [5.74, 6) is 0.287. The van der Waals surface area contributed by atoms with Crippen molar-refractivity contribution in [3.63, 3.8) is 0 Å². The van der Waals surface area contributed by atoms with Gasteiger partial charge < -0.3 is 10.1 Å². The molecule has 0 fully saturated rings. The largest absolute Gasteiger partial charge is 0.494 e. The molecule has 2 aromatic rings. The molecule has 0 saturated carbocycles. The number of nitrogens with one attached hydrogen (secondary N) is 2. The minimum absolute atomic E-state index is 0.0143. The van der Waals surface area contributed by atoms with E-state index in [1.807, 2.05) is 0 Å². The molecule has 0 saturated heterocycles. The average Bonchev–Trinajstić information content (AvgIpc) is 2.71. The van der Waals surface area contributed by atoms with Crippen LogP contribution >= 0.6 is 0 Å². The number of carbonyl (C=O) groups is 1. The third-order valence-corrected chi connectivity index (χ3v) is 4.89. The van der Waals surface area contributed by atoms with Crippen LogP contribution in [-0.4, -0.2) is 24.0 Å². The Hall–Kier alpha value is -2.93. The van der Waals surface area contributed by atoms with Gasteiger partial charge in [-0.1, -0.05) is 45.0 Å². The van der Waals surface area contributed by atoms with E-state index in [2.05, 4.69) is 55.7 Å². The van der Waals surface area contributed by atoms with Crippen LogP contribution in [-0.2, 0) is 11.2 Å². The van der Waals surface area contributed by atoms with Crippen molar-refractivity contribution in [2.75, 3.05) is 12.4 Å². The third-order valence-electron chi connectivity index (χ3n) is 4.89. The molecule has 0 unspecified atom stereocenters. The summed E-state index contributed by atoms with van der Waals surface area (Å²) in [6.45, 7) is 8.12. The molecular weight excluding hydrogens is 370 g/mol. The van der Waals surface area contributed by atoms with Crippen LogP contribution in [0.5, 0.6) is 5.75 Å². The lowest BCUT2D eigenvalue weighted by Gasteiger charge is -2.27. The Morgan fingerprint density at radius 1 is 1.14 bits per heavy atom. The first-order chi connectivity index (χ1) is 13.8. The molecule has 7 heteroatoms. The summed E-state index contributed by atoms with van der Waals surface area (Å²) >= 11 is 0. The molecule has 7 nitrogen and oxygen atoms in total. The minimum atomic E-state index is -0.505. The van der Waals surface area contributed by atoms with E-state index in [4.69, 9.17) is 4.74 Å². The van der Waals surface area contributed by atoms with E-state index in [0.717, 1.165) is 12.0 Å². The fourth-order valence-corrected chi connectivity index (χ4v) is 3.12. The molecule has 0 aromatic heterocycles. The number of nitro groups is 1. The van der Waals surface area contributed by atoms with E-state index < -0.39 is 11.0 Å². The second-order valence-corrected chi connectivity index (χ2v) is 7.34. The summed E-state index contributed by atoms with van der Waals surface area (Å²) in [6.07, 6.45) is 0.982. The van der Waals surface area contributed by atoms with Crippen molar-refractivity contribution in [3.05, 3.63) is 63.7 Å². The zero-order chi connectivity index (χ0) is 21.6. The summed E-state index contributed by atoms with van der Waals surface area (Å²) < 4.78 is 5.19. The maximum atomic E-state index is 12.7. The molecule has 156 valence electrons. The smallest absolute Gasteiger partial charge is 0.273 e. The standard InChI is InChI=1S/C22H29N3O4/c1-6-16-7-9-17(10-8-16)21(14(2)3)23-15(4)22(26)24-19-12-11-18(25(27)28)13-20(19)29-5/h7-15,21,23H,6H2,1-5H3,(H,24,26)/t15-,21+/m0/s1. The number of amides is 1. The van der Waals surface area contributed by atoms with Gasteiger partial charge in [-0.15, -0.1) is 0 Å². The minimum Gasteiger partial charge on any atom is -0.494 e. The highest BCUT2D eigenvalue weighted by molar-refractivity contribution is 5.96. The summed E-state index contributed by atoms with van der Waals surface area (Å²) in [7, 11) is 1.41. The highest BCUT2D eigenvalue weighted by Gasteiger charge is 2.23. The molecule has 1 amide bonds. The summed E-state index contributed by atoms with van der Waals surface area (Å²) in [5.41, 5.74) is 2.70. The van der Waals surface area contributed by atoms with Crippen LogP contribution in [0.1, 0.15) is 44.9 Å². The molecule has 2 aromatic carbocycles. The van der Waals surface area contributed by atoms with Gasteiger partial charge in [0.05, 0.1) is 29.8 Å². The number of ether oxygens (including phenoxy) is 1. The molecule has 2 rings (SSSR count). The lowest BCUT2D eigenvalue weighted by Crippen LogP contribution is -2.41. The monoisotopic (exact) mass is 399 g/mol. The molecule has 0 radical (unpaired) electrons. The number of non-ortho nitro benzene ring substituents is 1. The fraction of sp³-hybridized carbons (Fsp3) is 0.409. The maximum absolute atomic E-state index is 12.7. The number of aryl methyl sites for hydroxylation is 1. The van der Waals surface area contributed by atoms with Crippen molar-refractivity contribution in [1.82, 2.24) is 5.32 Å². The number of nitro benzene ring substituents is 1. The van der Waals surface area contributed by atoms with Crippen LogP contribution in [0.25, 0.3) is 0 Å². The Morgan fingerprint density at radius 3 is 2.31 bits per heavy atom. The Kier molecular flexibility index (Phi) is 7.73. The van der Waals surface area contributed by atoms with Gasteiger partial charge in [-0.05, 0) is 36.5 Å². The molecule has 2 atom stereocenters. The zero-order valence-corrected chi connectivity index (χ0v) is 17.6. The summed E-state index contributed by atoms with van der Waals surface area (Å²) in [4.78, 5) is 23.1. The van der Waals surface area contributed by atoms with Gasteiger partial charge in [0.15, 0.2) is 0 Å². The molecule has 29 heavy (non-hydrogen) atoms. The predicted octanol–water partition coefficient (Wildman–Crippen LogP) is 4.48. The number of methoxy groups -OCH3 is 1. The Balaban J connectivity index is 2.12. The van der Waals surface area contributed by atoms with Crippen molar-refractivity contribution < 1.29 is 14.5 Å². The number of rotatable bonds is 9. The summed E-state index contributed by atoms with van der Waals surface area (Å²) in [5, 5.41) is 17.1. The van der Waals surface area contributed by atoms with E-state index in [-0.39, 0.29) is 29.3 Å². The Labute approximate surface area is 171 Å². The average molecular weight is 399 g/mol. The van der Waals surface area contributed by atoms with Gasteiger partial charge >= 0.3 is 0 Å². The lowest BCUT2D eigenvalue weighted by molar-refractivity contribution is -0.384. The van der Waals surface area contributed by atoms with Gasteiger partial charge in [-0.2, -0.15) is 0 Å². The Bertz CT molecular complexity index is 850. The normalized spacial score (nSPS) is 13.0. The number of nitrogens with zero attached hydrogens (tertiary/aromatic N) is 1. The van der Waals surface area contributed by atoms with E-state index in [1.54, 1.807) is 6.92 Å². The Morgan fingerprint density at radius 2 is 1.79 bits per heavy atom. The summed E-state index contributed by atoms with van der Waals surface area (Å²) in [6, 6.07) is 12.1. The molecule has 0 heterocycles. The van der Waals surface area contributed by atoms with Gasteiger partial charge in [0.25, 0.3) is 5.69 Å². The van der Waals surface area contributed by atoms with Crippen molar-refractivity contribution in [2.24, 2.45) is 5.92 Å². The SMILES string of the molecule is CCc1ccc([C@H](N[C@@H](C)C(=O)Nc2ccc([N+](=O)[O-])cc2OC)C(C)C)cc1. The first-order valence-corrected chi connectivity index (χ1v) is 9.75. The van der Waals surface area contributed by atoms with Crippen molar-refractivity contribution in [3.8, 4) is 5.75 Å².